The number of carboxylic acids is 1. The lowest BCUT2D eigenvalue weighted by molar-refractivity contribution is -0.137. The number of carboxylic acid groups (broad SMARTS) is 1. The van der Waals surface area contributed by atoms with Gasteiger partial charge in [-0.05, 0) is 74.2 Å². The Balaban J connectivity index is 1.28. The maximum absolute atomic E-state index is 13.7. The number of carbonyl (C=O) groups is 2. The van der Waals surface area contributed by atoms with Crippen LogP contribution in [0, 0.1) is 0 Å². The van der Waals surface area contributed by atoms with Crippen molar-refractivity contribution in [3.8, 4) is 5.75 Å². The van der Waals surface area contributed by atoms with Crippen molar-refractivity contribution in [1.82, 2.24) is 19.6 Å². The number of benzene rings is 3. The summed E-state index contributed by atoms with van der Waals surface area (Å²) in [6.07, 6.45) is 2.85. The third kappa shape index (κ3) is 8.72. The van der Waals surface area contributed by atoms with E-state index in [1.54, 1.807) is 6.07 Å². The molecule has 0 spiro atoms. The van der Waals surface area contributed by atoms with Crippen LogP contribution >= 0.6 is 0 Å². The lowest BCUT2D eigenvalue weighted by Gasteiger charge is -2.47. The van der Waals surface area contributed by atoms with Gasteiger partial charge in [-0.25, -0.2) is 0 Å². The van der Waals surface area contributed by atoms with E-state index in [9.17, 15) is 14.7 Å². The molecular weight excluding hydrogens is 564 g/mol. The molecule has 5 rings (SSSR count). The highest BCUT2D eigenvalue weighted by atomic mass is 16.4. The highest BCUT2D eigenvalue weighted by Gasteiger charge is 2.35. The summed E-state index contributed by atoms with van der Waals surface area (Å²) in [5.41, 5.74) is 4.09. The molecule has 0 bridgehead atoms. The van der Waals surface area contributed by atoms with Crippen LogP contribution in [-0.2, 0) is 11.3 Å². The number of nitrogens with zero attached hydrogens (tertiary/aromatic N) is 4. The zero-order valence-electron chi connectivity index (χ0n) is 26.7. The van der Waals surface area contributed by atoms with Crippen molar-refractivity contribution in [2.45, 2.75) is 64.2 Å². The molecule has 2 saturated heterocycles. The fraction of sp³-hybridized carbons (Fsp3) is 0.459. The van der Waals surface area contributed by atoms with Crippen LogP contribution in [0.5, 0.6) is 5.75 Å². The molecule has 1 amide bonds. The van der Waals surface area contributed by atoms with E-state index in [-0.39, 0.29) is 30.2 Å². The van der Waals surface area contributed by atoms with Crippen LogP contribution in [0.1, 0.15) is 72.6 Å². The first-order chi connectivity index (χ1) is 21.8. The third-order valence-corrected chi connectivity index (χ3v) is 9.38. The van der Waals surface area contributed by atoms with Crippen molar-refractivity contribution in [2.24, 2.45) is 0 Å². The zero-order chi connectivity index (χ0) is 31.8. The Bertz CT molecular complexity index is 1410. The minimum absolute atomic E-state index is 0.0571. The monoisotopic (exact) mass is 612 g/mol. The molecule has 8 nitrogen and oxygen atoms in total. The number of hydrogen-bond donors (Lipinski definition) is 2. The normalized spacial score (nSPS) is 20.6. The summed E-state index contributed by atoms with van der Waals surface area (Å²) in [7, 11) is 0. The Kier molecular flexibility index (Phi) is 11.3. The molecule has 1 unspecified atom stereocenters. The van der Waals surface area contributed by atoms with Crippen molar-refractivity contribution in [2.75, 3.05) is 45.8 Å². The molecule has 3 aromatic rings. The van der Waals surface area contributed by atoms with E-state index in [0.29, 0.717) is 24.7 Å². The Hall–Kier alpha value is -3.72. The molecule has 3 atom stereocenters. The number of aliphatic carboxylic acids is 1. The highest BCUT2D eigenvalue weighted by molar-refractivity contribution is 5.94. The molecule has 0 aliphatic carbocycles. The van der Waals surface area contributed by atoms with E-state index in [1.807, 2.05) is 29.2 Å². The summed E-state index contributed by atoms with van der Waals surface area (Å²) in [5.74, 6) is -0.431. The second-order valence-electron chi connectivity index (χ2n) is 12.8. The van der Waals surface area contributed by atoms with E-state index < -0.39 is 5.97 Å². The topological polar surface area (TPSA) is 87.6 Å². The number of phenols is 1. The van der Waals surface area contributed by atoms with Gasteiger partial charge in [-0.3, -0.25) is 24.3 Å². The first kappa shape index (κ1) is 32.7. The maximum atomic E-state index is 13.7. The molecule has 45 heavy (non-hydrogen) atoms. The molecule has 0 radical (unpaired) electrons. The summed E-state index contributed by atoms with van der Waals surface area (Å²) in [6.45, 7) is 11.3. The van der Waals surface area contributed by atoms with Gasteiger partial charge < -0.3 is 15.1 Å². The van der Waals surface area contributed by atoms with Crippen molar-refractivity contribution >= 4 is 11.9 Å². The fourth-order valence-corrected chi connectivity index (χ4v) is 6.88. The van der Waals surface area contributed by atoms with E-state index in [0.717, 1.165) is 69.7 Å². The maximum Gasteiger partial charge on any atom is 0.303 e. The van der Waals surface area contributed by atoms with Gasteiger partial charge in [0, 0.05) is 69.9 Å². The minimum Gasteiger partial charge on any atom is -0.508 e. The van der Waals surface area contributed by atoms with Crippen LogP contribution in [0.3, 0.4) is 0 Å². The number of amides is 1. The standard InChI is InChI=1S/C37H48N4O4/c1-28-26-41(29(2)25-40(28)27-30-11-5-3-6-12-30)36(32-14-10-16-34(42)24-32)31-13-9-15-33(23-31)37(45)39-21-19-38(20-22-39)18-8-4-7-17-35(43)44/h3,5-6,9-16,23-24,28-29,36,42H,4,7-8,17-22,25-27H2,1-2H3,(H,43,44)/t28-,29-,36?/m1/s1. The van der Waals surface area contributed by atoms with Crippen LogP contribution in [-0.4, -0.2) is 99.6 Å². The summed E-state index contributed by atoms with van der Waals surface area (Å²) in [6, 6.07) is 26.7. The lowest BCUT2D eigenvalue weighted by atomic mass is 9.92. The Morgan fingerprint density at radius 2 is 1.51 bits per heavy atom. The lowest BCUT2D eigenvalue weighted by Crippen LogP contribution is -2.56. The van der Waals surface area contributed by atoms with E-state index in [4.69, 9.17) is 5.11 Å². The van der Waals surface area contributed by atoms with Crippen LogP contribution in [0.25, 0.3) is 0 Å². The molecule has 0 aromatic heterocycles. The van der Waals surface area contributed by atoms with Crippen molar-refractivity contribution in [1.29, 1.82) is 0 Å². The van der Waals surface area contributed by atoms with Gasteiger partial charge in [-0.1, -0.05) is 61.0 Å². The van der Waals surface area contributed by atoms with Gasteiger partial charge in [-0.15, -0.1) is 0 Å². The van der Waals surface area contributed by atoms with Gasteiger partial charge in [0.2, 0.25) is 0 Å². The van der Waals surface area contributed by atoms with Crippen molar-refractivity contribution < 1.29 is 19.8 Å². The van der Waals surface area contributed by atoms with Crippen LogP contribution < -0.4 is 0 Å². The zero-order valence-corrected chi connectivity index (χ0v) is 26.7. The highest BCUT2D eigenvalue weighted by Crippen LogP contribution is 2.35. The quantitative estimate of drug-likeness (QED) is 0.262. The molecule has 2 aliphatic rings. The van der Waals surface area contributed by atoms with Gasteiger partial charge in [0.15, 0.2) is 0 Å². The van der Waals surface area contributed by atoms with Gasteiger partial charge in [0.05, 0.1) is 6.04 Å². The molecule has 2 heterocycles. The van der Waals surface area contributed by atoms with E-state index in [1.165, 1.54) is 5.56 Å². The minimum atomic E-state index is -0.732. The molecule has 240 valence electrons. The Morgan fingerprint density at radius 3 is 2.22 bits per heavy atom. The Morgan fingerprint density at radius 1 is 0.800 bits per heavy atom. The second kappa shape index (κ2) is 15.5. The summed E-state index contributed by atoms with van der Waals surface area (Å²) < 4.78 is 0. The SMILES string of the molecule is C[C@@H]1CN(C(c2cccc(O)c2)c2cccc(C(=O)N3CCN(CCCCCC(=O)O)CC3)c2)[C@H](C)CN1Cc1ccccc1. The largest absolute Gasteiger partial charge is 0.508 e. The van der Waals surface area contributed by atoms with Gasteiger partial charge in [-0.2, -0.15) is 0 Å². The predicted octanol–water partition coefficient (Wildman–Crippen LogP) is 5.48. The molecule has 2 fully saturated rings. The summed E-state index contributed by atoms with van der Waals surface area (Å²) >= 11 is 0. The van der Waals surface area contributed by atoms with Crippen LogP contribution in [0.2, 0.25) is 0 Å². The van der Waals surface area contributed by atoms with Crippen LogP contribution in [0.4, 0.5) is 0 Å². The number of aromatic hydroxyl groups is 1. The number of rotatable bonds is 12. The summed E-state index contributed by atoms with van der Waals surface area (Å²) in [5, 5.41) is 19.3. The van der Waals surface area contributed by atoms with Gasteiger partial charge in [0.1, 0.15) is 5.75 Å². The van der Waals surface area contributed by atoms with Crippen molar-refractivity contribution in [3.63, 3.8) is 0 Å². The van der Waals surface area contributed by atoms with E-state index in [2.05, 4.69) is 77.1 Å². The molecule has 0 saturated carbocycles. The fourth-order valence-electron chi connectivity index (χ4n) is 6.88. The average Bonchev–Trinajstić information content (AvgIpc) is 3.04. The number of unbranched alkanes of at least 4 members (excludes halogenated alkanes) is 2. The second-order valence-corrected chi connectivity index (χ2v) is 12.8. The summed E-state index contributed by atoms with van der Waals surface area (Å²) in [4.78, 5) is 33.9. The molecule has 2 N–H and O–H groups in total. The molecule has 3 aromatic carbocycles. The van der Waals surface area contributed by atoms with E-state index >= 15 is 0 Å². The van der Waals surface area contributed by atoms with Crippen LogP contribution in [0.15, 0.2) is 78.9 Å². The number of carbonyl (C=O) groups excluding carboxylic acids is 1. The molecular formula is C37H48N4O4. The van der Waals surface area contributed by atoms with Crippen molar-refractivity contribution in [3.05, 3.63) is 101 Å². The first-order valence-electron chi connectivity index (χ1n) is 16.4. The first-order valence-corrected chi connectivity index (χ1v) is 16.4. The molecule has 8 heteroatoms. The smallest absolute Gasteiger partial charge is 0.303 e. The number of piperazine rings is 2. The van der Waals surface area contributed by atoms with Gasteiger partial charge >= 0.3 is 5.97 Å². The predicted molar refractivity (Wildman–Crippen MR) is 177 cm³/mol. The number of hydrogen-bond acceptors (Lipinski definition) is 6. The third-order valence-electron chi connectivity index (χ3n) is 9.38. The van der Waals surface area contributed by atoms with Gasteiger partial charge in [0.25, 0.3) is 5.91 Å². The molecule has 2 aliphatic heterocycles. The average molecular weight is 613 g/mol. The Labute approximate surface area is 267 Å². The number of phenolic OH excluding ortho intramolecular Hbond substituents is 1.